The zero-order chi connectivity index (χ0) is 22.3. The second kappa shape index (κ2) is 15.0. The molecular formula is C26H47NO3. The standard InChI is InChI=1S/C26H47NO3/c1-7-25(8-2,29-11-5)18-21-30-26(9-3,10-4)17-20-28-22-19-27(6)23-24-15-13-12-14-16-24/h12-16H,7-11,17-23H2,1-6H3. The van der Waals surface area contributed by atoms with Crippen molar-refractivity contribution in [3.63, 3.8) is 0 Å². The quantitative estimate of drug-likeness (QED) is 0.269. The van der Waals surface area contributed by atoms with E-state index in [1.165, 1.54) is 5.56 Å². The van der Waals surface area contributed by atoms with Crippen molar-refractivity contribution in [3.05, 3.63) is 35.9 Å². The van der Waals surface area contributed by atoms with E-state index in [1.807, 2.05) is 0 Å². The second-order valence-corrected chi connectivity index (χ2v) is 8.40. The van der Waals surface area contributed by atoms with Gasteiger partial charge in [-0.2, -0.15) is 0 Å². The van der Waals surface area contributed by atoms with E-state index in [9.17, 15) is 0 Å². The van der Waals surface area contributed by atoms with E-state index >= 15 is 0 Å². The van der Waals surface area contributed by atoms with Gasteiger partial charge >= 0.3 is 0 Å². The molecule has 0 N–H and O–H groups in total. The first-order chi connectivity index (χ1) is 14.5. The predicted molar refractivity (Wildman–Crippen MR) is 127 cm³/mol. The summed E-state index contributed by atoms with van der Waals surface area (Å²) in [6.45, 7) is 15.9. The lowest BCUT2D eigenvalue weighted by Crippen LogP contribution is -2.37. The van der Waals surface area contributed by atoms with Gasteiger partial charge in [-0.05, 0) is 58.1 Å². The Morgan fingerprint density at radius 1 is 0.733 bits per heavy atom. The summed E-state index contributed by atoms with van der Waals surface area (Å²) < 4.78 is 18.5. The van der Waals surface area contributed by atoms with Crippen molar-refractivity contribution in [2.45, 2.75) is 90.9 Å². The molecule has 0 aliphatic carbocycles. The van der Waals surface area contributed by atoms with Crippen LogP contribution in [0.3, 0.4) is 0 Å². The maximum Gasteiger partial charge on any atom is 0.0699 e. The smallest absolute Gasteiger partial charge is 0.0699 e. The molecule has 174 valence electrons. The summed E-state index contributed by atoms with van der Waals surface area (Å²) in [7, 11) is 2.15. The minimum Gasteiger partial charge on any atom is -0.380 e. The zero-order valence-electron chi connectivity index (χ0n) is 20.5. The van der Waals surface area contributed by atoms with Gasteiger partial charge in [0.05, 0.1) is 24.4 Å². The minimum atomic E-state index is -0.0879. The largest absolute Gasteiger partial charge is 0.380 e. The molecule has 0 aliphatic rings. The monoisotopic (exact) mass is 421 g/mol. The zero-order valence-corrected chi connectivity index (χ0v) is 20.5. The average molecular weight is 422 g/mol. The third-order valence-corrected chi connectivity index (χ3v) is 6.61. The first kappa shape index (κ1) is 27.1. The Labute approximate surface area is 186 Å². The molecule has 4 nitrogen and oxygen atoms in total. The fraction of sp³-hybridized carbons (Fsp3) is 0.769. The van der Waals surface area contributed by atoms with Crippen LogP contribution in [0.4, 0.5) is 0 Å². The van der Waals surface area contributed by atoms with Crippen molar-refractivity contribution in [2.24, 2.45) is 0 Å². The maximum absolute atomic E-state index is 6.47. The van der Waals surface area contributed by atoms with Crippen molar-refractivity contribution in [1.29, 1.82) is 0 Å². The number of ether oxygens (including phenoxy) is 3. The van der Waals surface area contributed by atoms with Crippen LogP contribution in [0.1, 0.15) is 78.7 Å². The normalized spacial score (nSPS) is 12.6. The summed E-state index contributed by atoms with van der Waals surface area (Å²) in [5.41, 5.74) is 1.21. The first-order valence-electron chi connectivity index (χ1n) is 12.1. The molecule has 30 heavy (non-hydrogen) atoms. The molecule has 0 unspecified atom stereocenters. The van der Waals surface area contributed by atoms with Crippen LogP contribution in [-0.2, 0) is 20.8 Å². The van der Waals surface area contributed by atoms with E-state index in [0.29, 0.717) is 0 Å². The van der Waals surface area contributed by atoms with Crippen LogP contribution in [-0.4, -0.2) is 56.1 Å². The maximum atomic E-state index is 6.47. The number of likely N-dealkylation sites (N-methyl/N-ethyl adjacent to an activating group) is 1. The van der Waals surface area contributed by atoms with Crippen LogP contribution in [0.5, 0.6) is 0 Å². The summed E-state index contributed by atoms with van der Waals surface area (Å²) in [4.78, 5) is 2.31. The molecule has 0 atom stereocenters. The lowest BCUT2D eigenvalue weighted by atomic mass is 9.91. The molecule has 1 rings (SSSR count). The van der Waals surface area contributed by atoms with Crippen molar-refractivity contribution < 1.29 is 14.2 Å². The number of hydrogen-bond donors (Lipinski definition) is 0. The van der Waals surface area contributed by atoms with Crippen LogP contribution in [0.25, 0.3) is 0 Å². The topological polar surface area (TPSA) is 30.9 Å². The van der Waals surface area contributed by atoms with Crippen molar-refractivity contribution >= 4 is 0 Å². The molecule has 0 saturated heterocycles. The van der Waals surface area contributed by atoms with Crippen molar-refractivity contribution in [2.75, 3.05) is 40.0 Å². The Balaban J connectivity index is 2.36. The van der Waals surface area contributed by atoms with Crippen LogP contribution in [0.2, 0.25) is 0 Å². The second-order valence-electron chi connectivity index (χ2n) is 8.40. The van der Waals surface area contributed by atoms with E-state index in [0.717, 1.165) is 78.0 Å². The van der Waals surface area contributed by atoms with E-state index in [2.05, 4.69) is 76.9 Å². The number of rotatable bonds is 18. The SMILES string of the molecule is CCOC(CC)(CC)CCOC(CC)(CC)CCOCCN(C)Cc1ccccc1. The van der Waals surface area contributed by atoms with E-state index in [1.54, 1.807) is 0 Å². The predicted octanol–water partition coefficient (Wildman–Crippen LogP) is 6.09. The summed E-state index contributed by atoms with van der Waals surface area (Å²) in [6, 6.07) is 10.6. The van der Waals surface area contributed by atoms with Gasteiger partial charge in [-0.3, -0.25) is 4.90 Å². The molecule has 1 aromatic rings. The summed E-state index contributed by atoms with van der Waals surface area (Å²) in [5, 5.41) is 0. The Morgan fingerprint density at radius 3 is 1.87 bits per heavy atom. The van der Waals surface area contributed by atoms with Gasteiger partial charge in [0.1, 0.15) is 0 Å². The van der Waals surface area contributed by atoms with Gasteiger partial charge in [0.2, 0.25) is 0 Å². The van der Waals surface area contributed by atoms with Gasteiger partial charge in [0.15, 0.2) is 0 Å². The summed E-state index contributed by atoms with van der Waals surface area (Å²) >= 11 is 0. The van der Waals surface area contributed by atoms with E-state index in [4.69, 9.17) is 14.2 Å². The number of benzene rings is 1. The average Bonchev–Trinajstić information content (AvgIpc) is 2.77. The first-order valence-corrected chi connectivity index (χ1v) is 12.1. The highest BCUT2D eigenvalue weighted by atomic mass is 16.5. The lowest BCUT2D eigenvalue weighted by Gasteiger charge is -2.36. The number of hydrogen-bond acceptors (Lipinski definition) is 4. The molecule has 0 fully saturated rings. The molecule has 0 heterocycles. The summed E-state index contributed by atoms with van der Waals surface area (Å²) in [5.74, 6) is 0. The molecule has 0 saturated carbocycles. The molecule has 0 bridgehead atoms. The fourth-order valence-electron chi connectivity index (χ4n) is 4.07. The molecule has 4 heteroatoms. The highest BCUT2D eigenvalue weighted by Crippen LogP contribution is 2.29. The molecule has 0 radical (unpaired) electrons. The highest BCUT2D eigenvalue weighted by Gasteiger charge is 2.30. The Bertz CT molecular complexity index is 526. The van der Waals surface area contributed by atoms with E-state index < -0.39 is 0 Å². The third kappa shape index (κ3) is 9.47. The van der Waals surface area contributed by atoms with Crippen LogP contribution < -0.4 is 0 Å². The van der Waals surface area contributed by atoms with Crippen molar-refractivity contribution in [3.8, 4) is 0 Å². The van der Waals surface area contributed by atoms with E-state index in [-0.39, 0.29) is 11.2 Å². The van der Waals surface area contributed by atoms with Gasteiger partial charge in [0, 0.05) is 26.3 Å². The molecule has 0 amide bonds. The van der Waals surface area contributed by atoms with Gasteiger partial charge in [0.25, 0.3) is 0 Å². The third-order valence-electron chi connectivity index (χ3n) is 6.61. The van der Waals surface area contributed by atoms with Crippen LogP contribution >= 0.6 is 0 Å². The molecule has 0 aromatic heterocycles. The Hall–Kier alpha value is -0.940. The molecule has 0 spiro atoms. The van der Waals surface area contributed by atoms with Gasteiger partial charge in [-0.25, -0.2) is 0 Å². The molecule has 0 aliphatic heterocycles. The Kier molecular flexibility index (Phi) is 13.5. The lowest BCUT2D eigenvalue weighted by molar-refractivity contribution is -0.109. The molecule has 1 aromatic carbocycles. The fourth-order valence-corrected chi connectivity index (χ4v) is 4.07. The minimum absolute atomic E-state index is 0.0399. The van der Waals surface area contributed by atoms with Gasteiger partial charge < -0.3 is 14.2 Å². The summed E-state index contributed by atoms with van der Waals surface area (Å²) in [6.07, 6.45) is 6.00. The van der Waals surface area contributed by atoms with Crippen molar-refractivity contribution in [1.82, 2.24) is 4.90 Å². The van der Waals surface area contributed by atoms with Crippen LogP contribution in [0.15, 0.2) is 30.3 Å². The van der Waals surface area contributed by atoms with Gasteiger partial charge in [-0.15, -0.1) is 0 Å². The molecular weight excluding hydrogens is 374 g/mol. The van der Waals surface area contributed by atoms with Gasteiger partial charge in [-0.1, -0.05) is 58.0 Å². The highest BCUT2D eigenvalue weighted by molar-refractivity contribution is 5.14. The Morgan fingerprint density at radius 2 is 1.30 bits per heavy atom. The van der Waals surface area contributed by atoms with Crippen LogP contribution in [0, 0.1) is 0 Å². The number of nitrogens with zero attached hydrogens (tertiary/aromatic N) is 1.